The lowest BCUT2D eigenvalue weighted by molar-refractivity contribution is 0.272. The second-order valence-corrected chi connectivity index (χ2v) is 6.45. The summed E-state index contributed by atoms with van der Waals surface area (Å²) < 4.78 is 11.9. The van der Waals surface area contributed by atoms with Crippen LogP contribution in [0.1, 0.15) is 21.1 Å². The van der Waals surface area contributed by atoms with Crippen molar-refractivity contribution in [2.75, 3.05) is 7.11 Å². The van der Waals surface area contributed by atoms with Crippen molar-refractivity contribution in [1.82, 2.24) is 4.98 Å². The number of ether oxygens (including phenoxy) is 2. The van der Waals surface area contributed by atoms with Crippen molar-refractivity contribution < 1.29 is 14.6 Å². The average Bonchev–Trinajstić information content (AvgIpc) is 2.75. The lowest BCUT2D eigenvalue weighted by Crippen LogP contribution is -1.99. The third-order valence-electron chi connectivity index (χ3n) is 2.88. The highest BCUT2D eigenvalue weighted by molar-refractivity contribution is 9.10. The standard InChI is InChI=1S/C14H16BrNO3S/c1-8-9(2)20-13(16-8)7-19-14-11(15)4-10(6-17)5-12(14)18-3/h4-5,17H,6-7H2,1-3H3. The second-order valence-electron chi connectivity index (χ2n) is 4.31. The highest BCUT2D eigenvalue weighted by atomic mass is 79.9. The predicted octanol–water partition coefficient (Wildman–Crippen LogP) is 3.60. The van der Waals surface area contributed by atoms with Crippen molar-refractivity contribution in [2.45, 2.75) is 27.1 Å². The first-order chi connectivity index (χ1) is 9.55. The molecule has 1 N–H and O–H groups in total. The lowest BCUT2D eigenvalue weighted by atomic mass is 10.2. The summed E-state index contributed by atoms with van der Waals surface area (Å²) in [5.41, 5.74) is 1.80. The SMILES string of the molecule is COc1cc(CO)cc(Br)c1OCc1nc(C)c(C)s1. The Bertz CT molecular complexity index is 593. The maximum absolute atomic E-state index is 9.19. The van der Waals surface area contributed by atoms with Crippen LogP contribution in [-0.4, -0.2) is 17.2 Å². The number of aliphatic hydroxyl groups is 1. The minimum atomic E-state index is -0.0416. The lowest BCUT2D eigenvalue weighted by Gasteiger charge is -2.13. The molecule has 108 valence electrons. The number of rotatable bonds is 5. The average molecular weight is 358 g/mol. The number of thiazole rings is 1. The Balaban J connectivity index is 2.20. The van der Waals surface area contributed by atoms with E-state index in [0.29, 0.717) is 18.1 Å². The van der Waals surface area contributed by atoms with Crippen LogP contribution in [0.25, 0.3) is 0 Å². The summed E-state index contributed by atoms with van der Waals surface area (Å²) in [5, 5.41) is 10.1. The summed E-state index contributed by atoms with van der Waals surface area (Å²) in [6.07, 6.45) is 0. The van der Waals surface area contributed by atoms with Crippen LogP contribution in [0.15, 0.2) is 16.6 Å². The van der Waals surface area contributed by atoms with E-state index in [1.165, 1.54) is 4.88 Å². The van der Waals surface area contributed by atoms with Gasteiger partial charge in [0.1, 0.15) is 11.6 Å². The van der Waals surface area contributed by atoms with E-state index in [9.17, 15) is 5.11 Å². The van der Waals surface area contributed by atoms with Gasteiger partial charge in [0.2, 0.25) is 0 Å². The van der Waals surface area contributed by atoms with Gasteiger partial charge >= 0.3 is 0 Å². The Kier molecular flexibility index (Phi) is 5.01. The van der Waals surface area contributed by atoms with Gasteiger partial charge in [-0.2, -0.15) is 0 Å². The minimum Gasteiger partial charge on any atom is -0.493 e. The van der Waals surface area contributed by atoms with Gasteiger partial charge in [0.25, 0.3) is 0 Å². The Labute approximate surface area is 130 Å². The first-order valence-electron chi connectivity index (χ1n) is 6.08. The summed E-state index contributed by atoms with van der Waals surface area (Å²) >= 11 is 5.07. The molecule has 0 radical (unpaired) electrons. The van der Waals surface area contributed by atoms with Crippen LogP contribution >= 0.6 is 27.3 Å². The molecule has 0 amide bonds. The van der Waals surface area contributed by atoms with Crippen LogP contribution in [0, 0.1) is 13.8 Å². The number of halogens is 1. The largest absolute Gasteiger partial charge is 0.493 e. The summed E-state index contributed by atoms with van der Waals surface area (Å²) in [6, 6.07) is 3.58. The molecular formula is C14H16BrNO3S. The van der Waals surface area contributed by atoms with Crippen LogP contribution in [0.4, 0.5) is 0 Å². The van der Waals surface area contributed by atoms with E-state index in [-0.39, 0.29) is 6.61 Å². The first kappa shape index (κ1) is 15.3. The van der Waals surface area contributed by atoms with Gasteiger partial charge in [-0.25, -0.2) is 4.98 Å². The molecule has 0 bridgehead atoms. The van der Waals surface area contributed by atoms with E-state index in [0.717, 1.165) is 20.7 Å². The van der Waals surface area contributed by atoms with E-state index in [1.807, 2.05) is 19.9 Å². The monoisotopic (exact) mass is 357 g/mol. The van der Waals surface area contributed by atoms with Crippen molar-refractivity contribution in [2.24, 2.45) is 0 Å². The number of nitrogens with zero attached hydrogens (tertiary/aromatic N) is 1. The number of aliphatic hydroxyl groups excluding tert-OH is 1. The molecule has 0 saturated carbocycles. The number of methoxy groups -OCH3 is 1. The molecule has 0 saturated heterocycles. The highest BCUT2D eigenvalue weighted by Crippen LogP contribution is 2.37. The fourth-order valence-corrected chi connectivity index (χ4v) is 3.19. The van der Waals surface area contributed by atoms with Crippen molar-refractivity contribution in [3.63, 3.8) is 0 Å². The molecule has 1 heterocycles. The molecule has 1 aromatic heterocycles. The van der Waals surface area contributed by atoms with Gasteiger partial charge in [-0.1, -0.05) is 0 Å². The van der Waals surface area contributed by atoms with E-state index >= 15 is 0 Å². The summed E-state index contributed by atoms with van der Waals surface area (Å²) in [4.78, 5) is 5.64. The highest BCUT2D eigenvalue weighted by Gasteiger charge is 2.13. The van der Waals surface area contributed by atoms with Gasteiger partial charge in [0.05, 0.1) is 23.9 Å². The molecular weight excluding hydrogens is 342 g/mol. The number of hydrogen-bond acceptors (Lipinski definition) is 5. The zero-order valence-electron chi connectivity index (χ0n) is 11.6. The fraction of sp³-hybridized carbons (Fsp3) is 0.357. The van der Waals surface area contributed by atoms with Crippen LogP contribution < -0.4 is 9.47 Å². The van der Waals surface area contributed by atoms with Crippen LogP contribution in [-0.2, 0) is 13.2 Å². The molecule has 0 fully saturated rings. The molecule has 2 aromatic rings. The first-order valence-corrected chi connectivity index (χ1v) is 7.69. The van der Waals surface area contributed by atoms with E-state index < -0.39 is 0 Å². The van der Waals surface area contributed by atoms with Crippen molar-refractivity contribution >= 4 is 27.3 Å². The zero-order chi connectivity index (χ0) is 14.7. The Morgan fingerprint density at radius 3 is 2.65 bits per heavy atom. The zero-order valence-corrected chi connectivity index (χ0v) is 14.0. The molecule has 0 spiro atoms. The fourth-order valence-electron chi connectivity index (χ4n) is 1.74. The smallest absolute Gasteiger partial charge is 0.175 e. The quantitative estimate of drug-likeness (QED) is 0.887. The molecule has 6 heteroatoms. The van der Waals surface area contributed by atoms with Gasteiger partial charge in [0, 0.05) is 4.88 Å². The third-order valence-corrected chi connectivity index (χ3v) is 4.52. The Morgan fingerprint density at radius 2 is 2.10 bits per heavy atom. The third kappa shape index (κ3) is 3.31. The number of hydrogen-bond donors (Lipinski definition) is 1. The topological polar surface area (TPSA) is 51.6 Å². The van der Waals surface area contributed by atoms with Crippen molar-refractivity contribution in [3.8, 4) is 11.5 Å². The molecule has 4 nitrogen and oxygen atoms in total. The normalized spacial score (nSPS) is 10.7. The minimum absolute atomic E-state index is 0.0416. The van der Waals surface area contributed by atoms with E-state index in [2.05, 4.69) is 20.9 Å². The van der Waals surface area contributed by atoms with Crippen molar-refractivity contribution in [3.05, 3.63) is 37.7 Å². The molecule has 0 aliphatic rings. The maximum Gasteiger partial charge on any atom is 0.175 e. The summed E-state index contributed by atoms with van der Waals surface area (Å²) in [7, 11) is 1.58. The van der Waals surface area contributed by atoms with E-state index in [4.69, 9.17) is 9.47 Å². The molecule has 20 heavy (non-hydrogen) atoms. The van der Waals surface area contributed by atoms with Crippen LogP contribution in [0.3, 0.4) is 0 Å². The van der Waals surface area contributed by atoms with Gasteiger partial charge in [0.15, 0.2) is 11.5 Å². The molecule has 1 aromatic carbocycles. The van der Waals surface area contributed by atoms with Gasteiger partial charge < -0.3 is 14.6 Å². The number of aromatic nitrogens is 1. The molecule has 2 rings (SSSR count). The van der Waals surface area contributed by atoms with Gasteiger partial charge in [-0.3, -0.25) is 0 Å². The van der Waals surface area contributed by atoms with Gasteiger partial charge in [-0.05, 0) is 47.5 Å². The maximum atomic E-state index is 9.19. The molecule has 0 aliphatic heterocycles. The second kappa shape index (κ2) is 6.56. The predicted molar refractivity (Wildman–Crippen MR) is 82.5 cm³/mol. The number of aryl methyl sites for hydroxylation is 2. The number of benzene rings is 1. The molecule has 0 unspecified atom stereocenters. The van der Waals surface area contributed by atoms with Crippen molar-refractivity contribution in [1.29, 1.82) is 0 Å². The Morgan fingerprint density at radius 1 is 1.35 bits per heavy atom. The van der Waals surface area contributed by atoms with Crippen LogP contribution in [0.5, 0.6) is 11.5 Å². The van der Waals surface area contributed by atoms with Crippen LogP contribution in [0.2, 0.25) is 0 Å². The van der Waals surface area contributed by atoms with Gasteiger partial charge in [-0.15, -0.1) is 11.3 Å². The summed E-state index contributed by atoms with van der Waals surface area (Å²) in [6.45, 7) is 4.39. The Hall–Kier alpha value is -1.11. The molecule has 0 aliphatic carbocycles. The summed E-state index contributed by atoms with van der Waals surface area (Å²) in [5.74, 6) is 1.21. The van der Waals surface area contributed by atoms with E-state index in [1.54, 1.807) is 24.5 Å². The molecule has 0 atom stereocenters.